The van der Waals surface area contributed by atoms with Crippen molar-refractivity contribution in [1.29, 1.82) is 0 Å². The predicted octanol–water partition coefficient (Wildman–Crippen LogP) is 6.09. The van der Waals surface area contributed by atoms with Crippen LogP contribution in [0.1, 0.15) is 32.4 Å². The van der Waals surface area contributed by atoms with Crippen molar-refractivity contribution in [2.75, 3.05) is 0 Å². The number of aromatic amines is 1. The Morgan fingerprint density at radius 2 is 1.48 bits per heavy atom. The van der Waals surface area contributed by atoms with Gasteiger partial charge in [0.15, 0.2) is 0 Å². The number of benzene rings is 1. The van der Waals surface area contributed by atoms with Gasteiger partial charge >= 0.3 is 0 Å². The highest BCUT2D eigenvalue weighted by atomic mass is 32.1. The summed E-state index contributed by atoms with van der Waals surface area (Å²) in [6.07, 6.45) is 3.86. The van der Waals surface area contributed by atoms with Crippen LogP contribution in [0.4, 0.5) is 4.39 Å². The lowest BCUT2D eigenvalue weighted by Crippen LogP contribution is -2.06. The van der Waals surface area contributed by atoms with E-state index in [1.165, 1.54) is 23.5 Å². The number of Topliss-reactive ketones (excluding diaryl/α,β-unsaturated/α-hetero) is 2. The number of aromatic nitrogens is 3. The molecule has 0 radical (unpaired) electrons. The number of hydrogen-bond acceptors (Lipinski definition) is 5. The van der Waals surface area contributed by atoms with Crippen LogP contribution in [-0.2, 0) is 0 Å². The molecule has 8 bridgehead atoms. The number of hydrogen-bond donors (Lipinski definition) is 1. The van der Waals surface area contributed by atoms with Crippen LogP contribution < -0.4 is 0 Å². The van der Waals surface area contributed by atoms with Crippen molar-refractivity contribution in [3.63, 3.8) is 0 Å². The zero-order valence-electron chi connectivity index (χ0n) is 17.0. The molecule has 2 aliphatic heterocycles. The fourth-order valence-corrected chi connectivity index (χ4v) is 4.92. The van der Waals surface area contributed by atoms with Crippen molar-refractivity contribution >= 4 is 55.5 Å². The lowest BCUT2D eigenvalue weighted by molar-refractivity contribution is 0.0825. The van der Waals surface area contributed by atoms with E-state index in [-0.39, 0.29) is 17.2 Å². The van der Waals surface area contributed by atoms with Crippen LogP contribution in [0.2, 0.25) is 0 Å². The molecule has 6 rings (SSSR count). The number of fused-ring (bicyclic) bond motifs is 8. The zero-order chi connectivity index (χ0) is 22.5. The normalized spacial score (nSPS) is 13.0. The summed E-state index contributed by atoms with van der Waals surface area (Å²) >= 11 is 1.45. The minimum Gasteiger partial charge on any atom is -0.355 e. The van der Waals surface area contributed by atoms with Gasteiger partial charge in [0.2, 0.25) is 0 Å². The molecule has 7 heteroatoms. The molecular weight excluding hydrogens is 437 g/mol. The van der Waals surface area contributed by atoms with E-state index in [0.717, 1.165) is 37.4 Å². The fraction of sp³-hybridized carbons (Fsp3) is 0. The monoisotopic (exact) mass is 451 g/mol. The molecule has 1 aromatic carbocycles. The number of nitrogens with one attached hydrogen (secondary N) is 1. The number of halogens is 1. The molecule has 0 fully saturated rings. The van der Waals surface area contributed by atoms with Gasteiger partial charge in [0, 0.05) is 26.0 Å². The smallest absolute Gasteiger partial charge is 0.253 e. The second-order valence-corrected chi connectivity index (χ2v) is 8.80. The second-order valence-electron chi connectivity index (χ2n) is 7.68. The molecule has 4 aromatic rings. The van der Waals surface area contributed by atoms with Gasteiger partial charge in [-0.1, -0.05) is 12.1 Å². The third kappa shape index (κ3) is 3.48. The first-order valence-corrected chi connectivity index (χ1v) is 11.0. The van der Waals surface area contributed by atoms with Gasteiger partial charge < -0.3 is 4.98 Å². The van der Waals surface area contributed by atoms with Gasteiger partial charge in [0.25, 0.3) is 11.6 Å². The third-order valence-corrected chi connectivity index (χ3v) is 6.49. The average molecular weight is 451 g/mol. The van der Waals surface area contributed by atoms with Crippen LogP contribution in [0.5, 0.6) is 0 Å². The molecule has 2 aliphatic rings. The fourth-order valence-electron chi connectivity index (χ4n) is 3.89. The van der Waals surface area contributed by atoms with Crippen LogP contribution in [-0.4, -0.2) is 26.5 Å². The Labute approximate surface area is 190 Å². The summed E-state index contributed by atoms with van der Waals surface area (Å²) in [4.78, 5) is 37.2. The van der Waals surface area contributed by atoms with Gasteiger partial charge in [-0.3, -0.25) is 9.59 Å². The predicted molar refractivity (Wildman–Crippen MR) is 128 cm³/mol. The minimum atomic E-state index is -0.622. The molecule has 0 unspecified atom stereocenters. The summed E-state index contributed by atoms with van der Waals surface area (Å²) in [7, 11) is 0. The van der Waals surface area contributed by atoms with Crippen molar-refractivity contribution in [1.82, 2.24) is 15.0 Å². The Morgan fingerprint density at radius 1 is 0.758 bits per heavy atom. The summed E-state index contributed by atoms with van der Waals surface area (Å²) < 4.78 is 15.3. The maximum atomic E-state index is 13.6. The molecule has 0 saturated carbocycles. The topological polar surface area (TPSA) is 75.7 Å². The quantitative estimate of drug-likeness (QED) is 0.313. The maximum Gasteiger partial charge on any atom is 0.253 e. The number of ketones is 2. The highest BCUT2D eigenvalue weighted by Crippen LogP contribution is 2.34. The molecule has 0 atom stereocenters. The number of H-pyrrole nitrogens is 1. The summed E-state index contributed by atoms with van der Waals surface area (Å²) in [5.41, 5.74) is 4.88. The Morgan fingerprint density at radius 3 is 2.27 bits per heavy atom. The zero-order valence-corrected chi connectivity index (χ0v) is 17.8. The van der Waals surface area contributed by atoms with E-state index in [4.69, 9.17) is 4.98 Å². The molecule has 0 spiro atoms. The van der Waals surface area contributed by atoms with Crippen molar-refractivity contribution in [3.05, 3.63) is 95.3 Å². The molecule has 5 heterocycles. The largest absolute Gasteiger partial charge is 0.355 e. The highest BCUT2D eigenvalue weighted by Gasteiger charge is 2.27. The van der Waals surface area contributed by atoms with Gasteiger partial charge in [-0.05, 0) is 72.3 Å². The first-order chi connectivity index (χ1) is 16.0. The first-order valence-electron chi connectivity index (χ1n) is 10.2. The minimum absolute atomic E-state index is 0.107. The average Bonchev–Trinajstić information content (AvgIpc) is 3.59. The third-order valence-electron chi connectivity index (χ3n) is 5.44. The number of carbonyl (C=O) groups excluding carboxylic acids is 2. The summed E-state index contributed by atoms with van der Waals surface area (Å²) in [5, 5.41) is 0. The van der Waals surface area contributed by atoms with Crippen molar-refractivity contribution in [3.8, 4) is 11.1 Å². The lowest BCUT2D eigenvalue weighted by atomic mass is 10.0. The second kappa shape index (κ2) is 7.43. The van der Waals surface area contributed by atoms with E-state index >= 15 is 0 Å². The van der Waals surface area contributed by atoms with Crippen molar-refractivity contribution < 1.29 is 14.0 Å². The summed E-state index contributed by atoms with van der Waals surface area (Å²) in [6, 6.07) is 18.9. The Hall–Kier alpha value is -4.23. The van der Waals surface area contributed by atoms with Gasteiger partial charge in [-0.2, -0.15) is 0 Å². The van der Waals surface area contributed by atoms with E-state index in [0.29, 0.717) is 5.52 Å². The molecule has 0 amide bonds. The number of nitrogens with zero attached hydrogens (tertiary/aromatic N) is 2. The number of rotatable bonds is 1. The first kappa shape index (κ1) is 19.5. The van der Waals surface area contributed by atoms with Crippen LogP contribution in [0, 0.1) is 5.82 Å². The molecule has 1 N–H and O–H groups in total. The van der Waals surface area contributed by atoms with E-state index in [2.05, 4.69) is 9.97 Å². The lowest BCUT2D eigenvalue weighted by Gasteiger charge is -2.03. The van der Waals surface area contributed by atoms with E-state index < -0.39 is 11.6 Å². The number of carbonyl (C=O) groups is 2. The SMILES string of the molecule is O=C1C(=O)c2cc3ccc(s3)c(-c3ccc(F)cc3)c3nc(cc4ccc(cc1n2)[nH]4)C=C3. The standard InChI is InChI=1S/C26H14FN3O2S/c27-15-3-1-14(2-4-15)24-20-9-7-17(29-20)11-16-5-6-18(28-16)12-21-25(31)26(32)22(30-21)13-19-8-10-23(24)33-19/h1-13,28H. The summed E-state index contributed by atoms with van der Waals surface area (Å²) in [6.45, 7) is 0. The van der Waals surface area contributed by atoms with E-state index in [9.17, 15) is 14.0 Å². The van der Waals surface area contributed by atoms with Crippen LogP contribution in [0.25, 0.3) is 43.7 Å². The van der Waals surface area contributed by atoms with Gasteiger partial charge in [-0.25, -0.2) is 14.4 Å². The van der Waals surface area contributed by atoms with Crippen molar-refractivity contribution in [2.45, 2.75) is 0 Å². The molecule has 0 aliphatic carbocycles. The van der Waals surface area contributed by atoms with E-state index in [1.54, 1.807) is 24.3 Å². The maximum absolute atomic E-state index is 13.6. The molecule has 158 valence electrons. The molecule has 33 heavy (non-hydrogen) atoms. The number of thiophene rings is 1. The Balaban J connectivity index is 1.73. The van der Waals surface area contributed by atoms with E-state index in [1.807, 2.05) is 42.5 Å². The molecule has 5 nitrogen and oxygen atoms in total. The Bertz CT molecular complexity index is 1660. The van der Waals surface area contributed by atoms with Gasteiger partial charge in [0.1, 0.15) is 17.2 Å². The van der Waals surface area contributed by atoms with Crippen molar-refractivity contribution in [2.24, 2.45) is 0 Å². The van der Waals surface area contributed by atoms with Crippen LogP contribution in [0.3, 0.4) is 0 Å². The molecular formula is C26H14FN3O2S. The van der Waals surface area contributed by atoms with Crippen LogP contribution in [0.15, 0.2) is 66.7 Å². The summed E-state index contributed by atoms with van der Waals surface area (Å²) in [5.74, 6) is -1.56. The van der Waals surface area contributed by atoms with Crippen LogP contribution >= 0.6 is 11.3 Å². The highest BCUT2D eigenvalue weighted by molar-refractivity contribution is 7.23. The van der Waals surface area contributed by atoms with Gasteiger partial charge in [0.05, 0.1) is 11.4 Å². The Kier molecular flexibility index (Phi) is 4.38. The molecule has 0 saturated heterocycles. The van der Waals surface area contributed by atoms with Gasteiger partial charge in [-0.15, -0.1) is 11.3 Å². The molecule has 3 aromatic heterocycles.